The Bertz CT molecular complexity index is 999. The van der Waals surface area contributed by atoms with Crippen molar-refractivity contribution < 1.29 is 0 Å². The van der Waals surface area contributed by atoms with E-state index in [0.717, 1.165) is 11.2 Å². The molecule has 4 aromatic rings. The van der Waals surface area contributed by atoms with E-state index in [1.54, 1.807) is 0 Å². The summed E-state index contributed by atoms with van der Waals surface area (Å²) in [6.45, 7) is 0. The van der Waals surface area contributed by atoms with Crippen LogP contribution in [0.2, 0.25) is 0 Å². The number of hydrogen-bond acceptors (Lipinski definition) is 1. The van der Waals surface area contributed by atoms with Crippen molar-refractivity contribution in [3.8, 4) is 22.4 Å². The van der Waals surface area contributed by atoms with Crippen molar-refractivity contribution in [2.45, 2.75) is 0 Å². The molecule has 0 amide bonds. The molecular weight excluding hydrogens is 242 g/mol. The minimum Gasteiger partial charge on any atom is -0.247 e. The zero-order valence-electron chi connectivity index (χ0n) is 10.8. The summed E-state index contributed by atoms with van der Waals surface area (Å²) in [6, 6.07) is 23.5. The van der Waals surface area contributed by atoms with Crippen molar-refractivity contribution >= 4 is 21.7 Å². The summed E-state index contributed by atoms with van der Waals surface area (Å²) in [4.78, 5) is 4.92. The maximum Gasteiger partial charge on any atom is 0.0800 e. The molecule has 20 heavy (non-hydrogen) atoms. The van der Waals surface area contributed by atoms with Crippen LogP contribution in [0, 0.1) is 0 Å². The smallest absolute Gasteiger partial charge is 0.0800 e. The van der Waals surface area contributed by atoms with E-state index in [4.69, 9.17) is 4.98 Å². The van der Waals surface area contributed by atoms with Gasteiger partial charge in [0.2, 0.25) is 0 Å². The second-order valence-electron chi connectivity index (χ2n) is 5.25. The SMILES string of the molecule is c1ccc2c(c1)-c1cccc3c1c-2nc1ccccc13. The van der Waals surface area contributed by atoms with E-state index in [1.807, 2.05) is 0 Å². The number of rotatable bonds is 0. The predicted octanol–water partition coefficient (Wildman–Crippen LogP) is 5.04. The number of hydrogen-bond donors (Lipinski definition) is 0. The Hall–Kier alpha value is -2.67. The third-order valence-corrected chi connectivity index (χ3v) is 4.20. The first-order chi connectivity index (χ1) is 9.93. The normalized spacial score (nSPS) is 12.0. The van der Waals surface area contributed by atoms with Crippen molar-refractivity contribution in [1.82, 2.24) is 4.98 Å². The molecule has 5 rings (SSSR count). The molecule has 1 aliphatic rings. The van der Waals surface area contributed by atoms with Gasteiger partial charge in [-0.2, -0.15) is 0 Å². The van der Waals surface area contributed by atoms with Gasteiger partial charge in [0.25, 0.3) is 0 Å². The monoisotopic (exact) mass is 253 g/mol. The van der Waals surface area contributed by atoms with Crippen LogP contribution in [-0.2, 0) is 0 Å². The molecule has 3 aromatic carbocycles. The molecule has 0 spiro atoms. The molecule has 0 bridgehead atoms. The van der Waals surface area contributed by atoms with Crippen LogP contribution in [0.5, 0.6) is 0 Å². The predicted molar refractivity (Wildman–Crippen MR) is 83.7 cm³/mol. The van der Waals surface area contributed by atoms with Crippen LogP contribution in [0.15, 0.2) is 66.7 Å². The average molecular weight is 253 g/mol. The Kier molecular flexibility index (Phi) is 1.75. The van der Waals surface area contributed by atoms with Gasteiger partial charge in [-0.1, -0.05) is 60.7 Å². The van der Waals surface area contributed by atoms with Gasteiger partial charge in [-0.3, -0.25) is 0 Å². The van der Waals surface area contributed by atoms with E-state index in [1.165, 1.54) is 32.8 Å². The van der Waals surface area contributed by atoms with Gasteiger partial charge in [0.05, 0.1) is 11.2 Å². The number of aromatic nitrogens is 1. The van der Waals surface area contributed by atoms with Gasteiger partial charge < -0.3 is 0 Å². The highest BCUT2D eigenvalue weighted by molar-refractivity contribution is 6.21. The number of nitrogens with zero attached hydrogens (tertiary/aromatic N) is 1. The topological polar surface area (TPSA) is 12.9 Å². The highest BCUT2D eigenvalue weighted by Crippen LogP contribution is 2.47. The quantitative estimate of drug-likeness (QED) is 0.352. The zero-order chi connectivity index (χ0) is 13.1. The van der Waals surface area contributed by atoms with E-state index >= 15 is 0 Å². The van der Waals surface area contributed by atoms with Crippen LogP contribution in [0.4, 0.5) is 0 Å². The largest absolute Gasteiger partial charge is 0.247 e. The molecule has 1 aromatic heterocycles. The number of para-hydroxylation sites is 1. The maximum absolute atomic E-state index is 4.92. The molecule has 0 atom stereocenters. The average Bonchev–Trinajstić information content (AvgIpc) is 2.84. The fourth-order valence-corrected chi connectivity index (χ4v) is 3.35. The molecule has 1 heteroatoms. The number of benzene rings is 3. The van der Waals surface area contributed by atoms with Gasteiger partial charge in [0.15, 0.2) is 0 Å². The standard InChI is InChI=1S/C19H11N/c1-2-8-16-12(6-1)14-9-5-10-15-13-7-3-4-11-17(13)20-19(16)18(14)15/h1-11H. The van der Waals surface area contributed by atoms with Crippen molar-refractivity contribution in [2.75, 3.05) is 0 Å². The van der Waals surface area contributed by atoms with Crippen LogP contribution < -0.4 is 0 Å². The molecule has 0 fully saturated rings. The van der Waals surface area contributed by atoms with Crippen LogP contribution in [0.25, 0.3) is 44.1 Å². The summed E-state index contributed by atoms with van der Waals surface area (Å²) in [5.41, 5.74) is 6.07. The summed E-state index contributed by atoms with van der Waals surface area (Å²) in [5, 5.41) is 3.84. The summed E-state index contributed by atoms with van der Waals surface area (Å²) < 4.78 is 0. The van der Waals surface area contributed by atoms with Crippen LogP contribution in [0.1, 0.15) is 0 Å². The Morgan fingerprint density at radius 2 is 1.25 bits per heavy atom. The van der Waals surface area contributed by atoms with E-state index in [-0.39, 0.29) is 0 Å². The van der Waals surface area contributed by atoms with Crippen LogP contribution >= 0.6 is 0 Å². The molecule has 1 aliphatic carbocycles. The summed E-state index contributed by atoms with van der Waals surface area (Å²) in [7, 11) is 0. The van der Waals surface area contributed by atoms with Gasteiger partial charge in [-0.05, 0) is 22.6 Å². The lowest BCUT2D eigenvalue weighted by Crippen LogP contribution is -1.85. The van der Waals surface area contributed by atoms with Gasteiger partial charge in [0, 0.05) is 16.3 Å². The van der Waals surface area contributed by atoms with E-state index in [2.05, 4.69) is 66.7 Å². The van der Waals surface area contributed by atoms with Crippen LogP contribution in [-0.4, -0.2) is 4.98 Å². The highest BCUT2D eigenvalue weighted by atomic mass is 14.7. The first-order valence-corrected chi connectivity index (χ1v) is 6.85. The summed E-state index contributed by atoms with van der Waals surface area (Å²) in [5.74, 6) is 0. The van der Waals surface area contributed by atoms with Crippen molar-refractivity contribution in [3.63, 3.8) is 0 Å². The van der Waals surface area contributed by atoms with E-state index in [0.29, 0.717) is 0 Å². The van der Waals surface area contributed by atoms with Gasteiger partial charge in [-0.25, -0.2) is 4.98 Å². The lowest BCUT2D eigenvalue weighted by Gasteiger charge is -2.06. The molecular formula is C19H11N. The number of pyridine rings is 1. The lowest BCUT2D eigenvalue weighted by atomic mass is 10.0. The number of fused-ring (bicyclic) bond motifs is 5. The Morgan fingerprint density at radius 1 is 0.550 bits per heavy atom. The third kappa shape index (κ3) is 1.11. The van der Waals surface area contributed by atoms with Gasteiger partial charge >= 0.3 is 0 Å². The van der Waals surface area contributed by atoms with Crippen LogP contribution in [0.3, 0.4) is 0 Å². The molecule has 0 N–H and O–H groups in total. The van der Waals surface area contributed by atoms with Crippen molar-refractivity contribution in [3.05, 3.63) is 66.7 Å². The Morgan fingerprint density at radius 3 is 2.20 bits per heavy atom. The minimum absolute atomic E-state index is 1.07. The second kappa shape index (κ2) is 3.45. The van der Waals surface area contributed by atoms with Crippen molar-refractivity contribution in [1.29, 1.82) is 0 Å². The Balaban J connectivity index is 2.12. The summed E-state index contributed by atoms with van der Waals surface area (Å²) in [6.07, 6.45) is 0. The molecule has 0 saturated heterocycles. The Labute approximate surface area is 116 Å². The first kappa shape index (κ1) is 10.2. The second-order valence-corrected chi connectivity index (χ2v) is 5.25. The summed E-state index contributed by atoms with van der Waals surface area (Å²) >= 11 is 0. The van der Waals surface area contributed by atoms with Gasteiger partial charge in [-0.15, -0.1) is 0 Å². The molecule has 92 valence electrons. The fourth-order valence-electron chi connectivity index (χ4n) is 3.35. The van der Waals surface area contributed by atoms with Gasteiger partial charge in [0.1, 0.15) is 0 Å². The minimum atomic E-state index is 1.07. The first-order valence-electron chi connectivity index (χ1n) is 6.85. The van der Waals surface area contributed by atoms with E-state index < -0.39 is 0 Å². The fraction of sp³-hybridized carbons (Fsp3) is 0. The van der Waals surface area contributed by atoms with E-state index in [9.17, 15) is 0 Å². The highest BCUT2D eigenvalue weighted by Gasteiger charge is 2.22. The molecule has 0 saturated carbocycles. The molecule has 0 radical (unpaired) electrons. The maximum atomic E-state index is 4.92. The molecule has 0 unspecified atom stereocenters. The third-order valence-electron chi connectivity index (χ3n) is 4.20. The molecule has 0 aliphatic heterocycles. The molecule has 1 nitrogen and oxygen atoms in total. The lowest BCUT2D eigenvalue weighted by molar-refractivity contribution is 1.45. The van der Waals surface area contributed by atoms with Crippen molar-refractivity contribution in [2.24, 2.45) is 0 Å². The zero-order valence-corrected chi connectivity index (χ0v) is 10.8. The molecule has 1 heterocycles.